The van der Waals surface area contributed by atoms with Crippen molar-refractivity contribution in [1.82, 2.24) is 5.32 Å². The van der Waals surface area contributed by atoms with Crippen LogP contribution in [-0.4, -0.2) is 20.9 Å². The molecule has 0 aliphatic heterocycles. The van der Waals surface area contributed by atoms with Crippen molar-refractivity contribution in [2.24, 2.45) is 10.9 Å². The number of benzene rings is 2. The van der Waals surface area contributed by atoms with E-state index in [9.17, 15) is 13.2 Å². The molecule has 5 N–H and O–H groups in total. The van der Waals surface area contributed by atoms with Crippen molar-refractivity contribution < 1.29 is 13.2 Å². The molecule has 0 fully saturated rings. The maximum Gasteiger partial charge on any atom is 0.239 e. The van der Waals surface area contributed by atoms with E-state index in [0.29, 0.717) is 13.0 Å². The van der Waals surface area contributed by atoms with Crippen LogP contribution in [0.25, 0.3) is 0 Å². The Bertz CT molecular complexity index is 759. The highest BCUT2D eigenvalue weighted by atomic mass is 32.2. The maximum absolute atomic E-state index is 11.6. The number of carbonyl (C=O) groups excluding carboxylic acids is 1. The molecule has 6 nitrogen and oxygen atoms in total. The summed E-state index contributed by atoms with van der Waals surface area (Å²) in [6.07, 6.45) is 0.627. The van der Waals surface area contributed by atoms with Gasteiger partial charge in [0.05, 0.1) is 4.90 Å². The van der Waals surface area contributed by atoms with Crippen LogP contribution < -0.4 is 16.2 Å². The van der Waals surface area contributed by atoms with Gasteiger partial charge in [-0.3, -0.25) is 4.79 Å². The highest BCUT2D eigenvalue weighted by Gasteiger charge is 2.16. The van der Waals surface area contributed by atoms with Gasteiger partial charge in [0.1, 0.15) is 6.04 Å². The Morgan fingerprint density at radius 3 is 2.17 bits per heavy atom. The fourth-order valence-electron chi connectivity index (χ4n) is 2.23. The van der Waals surface area contributed by atoms with E-state index in [1.54, 1.807) is 12.1 Å². The molecule has 1 amide bonds. The average molecular weight is 333 g/mol. The standard InChI is InChI=1S/C16H19N3O3S/c17-16(20)15(13-4-2-1-3-5-13)19-11-10-12-6-8-14(9-7-12)23(18,21)22/h1-9,15,19H,10-11H2,(H2,17,20)(H2,18,21,22)/t15-/m1/s1. The summed E-state index contributed by atoms with van der Waals surface area (Å²) in [5.74, 6) is -0.444. The highest BCUT2D eigenvalue weighted by Crippen LogP contribution is 2.13. The number of nitrogens with two attached hydrogens (primary N) is 2. The first kappa shape index (κ1) is 17.1. The van der Waals surface area contributed by atoms with E-state index in [1.165, 1.54) is 12.1 Å². The number of primary amides is 1. The molecule has 0 radical (unpaired) electrons. The molecular weight excluding hydrogens is 314 g/mol. The quantitative estimate of drug-likeness (QED) is 0.691. The van der Waals surface area contributed by atoms with Crippen molar-refractivity contribution in [3.63, 3.8) is 0 Å². The van der Waals surface area contributed by atoms with Crippen molar-refractivity contribution in [3.8, 4) is 0 Å². The number of carbonyl (C=O) groups is 1. The second kappa shape index (κ2) is 7.36. The number of amides is 1. The summed E-state index contributed by atoms with van der Waals surface area (Å²) in [4.78, 5) is 11.7. The SMILES string of the molecule is NC(=O)[C@H](NCCc1ccc(S(N)(=O)=O)cc1)c1ccccc1. The minimum Gasteiger partial charge on any atom is -0.368 e. The molecule has 0 bridgehead atoms. The molecule has 7 heteroatoms. The molecule has 0 spiro atoms. The molecule has 2 aromatic rings. The summed E-state index contributed by atoms with van der Waals surface area (Å²) < 4.78 is 22.4. The molecule has 0 unspecified atom stereocenters. The lowest BCUT2D eigenvalue weighted by Crippen LogP contribution is -2.34. The first-order valence-electron chi connectivity index (χ1n) is 7.07. The molecule has 0 aromatic heterocycles. The van der Waals surface area contributed by atoms with Gasteiger partial charge in [-0.25, -0.2) is 13.6 Å². The monoisotopic (exact) mass is 333 g/mol. The molecule has 23 heavy (non-hydrogen) atoms. The minimum atomic E-state index is -3.68. The van der Waals surface area contributed by atoms with Gasteiger partial charge in [0.15, 0.2) is 0 Å². The zero-order valence-electron chi connectivity index (χ0n) is 12.5. The molecule has 0 heterocycles. The molecule has 0 aliphatic carbocycles. The van der Waals surface area contributed by atoms with Gasteiger partial charge in [-0.1, -0.05) is 42.5 Å². The predicted octanol–water partition coefficient (Wildman–Crippen LogP) is 0.693. The molecule has 0 saturated carbocycles. The van der Waals surface area contributed by atoms with Gasteiger partial charge in [0.25, 0.3) is 0 Å². The molecule has 0 aliphatic rings. The lowest BCUT2D eigenvalue weighted by atomic mass is 10.1. The Labute approximate surface area is 135 Å². The van der Waals surface area contributed by atoms with Crippen molar-refractivity contribution in [2.75, 3.05) is 6.54 Å². The first-order valence-corrected chi connectivity index (χ1v) is 8.62. The molecule has 0 saturated heterocycles. The first-order chi connectivity index (χ1) is 10.9. The maximum atomic E-state index is 11.6. The summed E-state index contributed by atoms with van der Waals surface area (Å²) in [5, 5.41) is 8.16. The second-order valence-corrected chi connectivity index (χ2v) is 6.70. The predicted molar refractivity (Wildman–Crippen MR) is 87.9 cm³/mol. The van der Waals surface area contributed by atoms with Crippen molar-refractivity contribution in [3.05, 3.63) is 65.7 Å². The highest BCUT2D eigenvalue weighted by molar-refractivity contribution is 7.89. The Hall–Kier alpha value is -2.22. The van der Waals surface area contributed by atoms with Crippen LogP contribution in [0.3, 0.4) is 0 Å². The van der Waals surface area contributed by atoms with Crippen LogP contribution in [-0.2, 0) is 21.2 Å². The normalized spacial score (nSPS) is 12.7. The van der Waals surface area contributed by atoms with E-state index in [0.717, 1.165) is 11.1 Å². The fourth-order valence-corrected chi connectivity index (χ4v) is 2.75. The van der Waals surface area contributed by atoms with Gasteiger partial charge in [0.2, 0.25) is 15.9 Å². The van der Waals surface area contributed by atoms with Crippen LogP contribution in [0.2, 0.25) is 0 Å². The third kappa shape index (κ3) is 4.88. The van der Waals surface area contributed by atoms with Crippen LogP contribution in [0.1, 0.15) is 17.2 Å². The Morgan fingerprint density at radius 1 is 1.04 bits per heavy atom. The number of rotatable bonds is 7. The Balaban J connectivity index is 1.96. The van der Waals surface area contributed by atoms with E-state index < -0.39 is 22.0 Å². The minimum absolute atomic E-state index is 0.0773. The van der Waals surface area contributed by atoms with Crippen molar-refractivity contribution >= 4 is 15.9 Å². The summed E-state index contributed by atoms with van der Waals surface area (Å²) in [6, 6.07) is 15.0. The van der Waals surface area contributed by atoms with Gasteiger partial charge in [-0.05, 0) is 29.7 Å². The van der Waals surface area contributed by atoms with E-state index in [-0.39, 0.29) is 4.90 Å². The van der Waals surface area contributed by atoms with Gasteiger partial charge in [-0.2, -0.15) is 0 Å². The molecule has 122 valence electrons. The largest absolute Gasteiger partial charge is 0.368 e. The number of sulfonamides is 1. The van der Waals surface area contributed by atoms with E-state index >= 15 is 0 Å². The van der Waals surface area contributed by atoms with Crippen LogP contribution in [0.15, 0.2) is 59.5 Å². The molecule has 2 rings (SSSR count). The van der Waals surface area contributed by atoms with Crippen LogP contribution in [0.5, 0.6) is 0 Å². The Kier molecular flexibility index (Phi) is 5.49. The van der Waals surface area contributed by atoms with E-state index in [2.05, 4.69) is 5.32 Å². The zero-order valence-corrected chi connectivity index (χ0v) is 13.3. The summed E-state index contributed by atoms with van der Waals surface area (Å²) in [5.41, 5.74) is 7.18. The number of primary sulfonamides is 1. The average Bonchev–Trinajstić information content (AvgIpc) is 2.51. The Morgan fingerprint density at radius 2 is 1.65 bits per heavy atom. The molecule has 2 aromatic carbocycles. The fraction of sp³-hybridized carbons (Fsp3) is 0.188. The topological polar surface area (TPSA) is 115 Å². The summed E-state index contributed by atoms with van der Waals surface area (Å²) in [6.45, 7) is 0.525. The van der Waals surface area contributed by atoms with Crippen LogP contribution >= 0.6 is 0 Å². The second-order valence-electron chi connectivity index (χ2n) is 5.14. The summed E-state index contributed by atoms with van der Waals surface area (Å²) >= 11 is 0. The zero-order chi connectivity index (χ0) is 16.9. The van der Waals surface area contributed by atoms with Crippen LogP contribution in [0.4, 0.5) is 0 Å². The number of nitrogens with one attached hydrogen (secondary N) is 1. The van der Waals surface area contributed by atoms with E-state index in [1.807, 2.05) is 30.3 Å². The van der Waals surface area contributed by atoms with Gasteiger partial charge in [0, 0.05) is 6.54 Å². The molecule has 1 atom stereocenters. The van der Waals surface area contributed by atoms with Crippen molar-refractivity contribution in [2.45, 2.75) is 17.4 Å². The van der Waals surface area contributed by atoms with E-state index in [4.69, 9.17) is 10.9 Å². The smallest absolute Gasteiger partial charge is 0.239 e. The lowest BCUT2D eigenvalue weighted by Gasteiger charge is -2.15. The third-order valence-corrected chi connectivity index (χ3v) is 4.36. The molecular formula is C16H19N3O3S. The van der Waals surface area contributed by atoms with Gasteiger partial charge >= 0.3 is 0 Å². The number of hydrogen-bond donors (Lipinski definition) is 3. The van der Waals surface area contributed by atoms with Crippen molar-refractivity contribution in [1.29, 1.82) is 0 Å². The van der Waals surface area contributed by atoms with Gasteiger partial charge < -0.3 is 11.1 Å². The lowest BCUT2D eigenvalue weighted by molar-refractivity contribution is -0.120. The third-order valence-electron chi connectivity index (χ3n) is 3.43. The summed E-state index contributed by atoms with van der Waals surface area (Å²) in [7, 11) is -3.68. The van der Waals surface area contributed by atoms with Crippen LogP contribution in [0, 0.1) is 0 Å². The van der Waals surface area contributed by atoms with Gasteiger partial charge in [-0.15, -0.1) is 0 Å². The number of hydrogen-bond acceptors (Lipinski definition) is 4.